The number of hydrogen-bond acceptors (Lipinski definition) is 1. The van der Waals surface area contributed by atoms with Crippen LogP contribution in [0.5, 0.6) is 0 Å². The maximum absolute atomic E-state index is 10.8. The van der Waals surface area contributed by atoms with Crippen LogP contribution in [-0.4, -0.2) is 11.1 Å². The van der Waals surface area contributed by atoms with Gasteiger partial charge in [0.25, 0.3) is 0 Å². The maximum atomic E-state index is 10.8. The topological polar surface area (TPSA) is 37.3 Å². The molecule has 0 rings (SSSR count). The molecule has 92 valence electrons. The zero-order chi connectivity index (χ0) is 12.4. The van der Waals surface area contributed by atoms with E-state index in [1.165, 1.54) is 25.7 Å². The second-order valence-corrected chi connectivity index (χ2v) is 4.10. The Balaban J connectivity index is 3.95. The SMILES string of the molecule is CC=C(C=CCCCCCC)C(C)C(=O)O. The molecule has 0 spiro atoms. The molecule has 0 aliphatic heterocycles. The second kappa shape index (κ2) is 9.20. The molecule has 0 aromatic rings. The van der Waals surface area contributed by atoms with Crippen molar-refractivity contribution in [3.05, 3.63) is 23.8 Å². The molecule has 0 aromatic carbocycles. The molecular formula is C14H24O2. The van der Waals surface area contributed by atoms with Gasteiger partial charge in [-0.05, 0) is 32.3 Å². The Kier molecular flexibility index (Phi) is 8.59. The quantitative estimate of drug-likeness (QED) is 0.496. The summed E-state index contributed by atoms with van der Waals surface area (Å²) < 4.78 is 0. The van der Waals surface area contributed by atoms with Crippen LogP contribution < -0.4 is 0 Å². The molecule has 0 saturated heterocycles. The molecular weight excluding hydrogens is 200 g/mol. The molecule has 0 aromatic heterocycles. The van der Waals surface area contributed by atoms with E-state index in [4.69, 9.17) is 5.11 Å². The van der Waals surface area contributed by atoms with Crippen LogP contribution in [0.3, 0.4) is 0 Å². The molecule has 1 unspecified atom stereocenters. The van der Waals surface area contributed by atoms with Crippen LogP contribution in [0, 0.1) is 5.92 Å². The van der Waals surface area contributed by atoms with Crippen molar-refractivity contribution in [3.63, 3.8) is 0 Å². The summed E-state index contributed by atoms with van der Waals surface area (Å²) in [6.07, 6.45) is 12.0. The fourth-order valence-corrected chi connectivity index (χ4v) is 1.54. The first kappa shape index (κ1) is 14.9. The summed E-state index contributed by atoms with van der Waals surface area (Å²) in [6, 6.07) is 0. The van der Waals surface area contributed by atoms with Gasteiger partial charge >= 0.3 is 5.97 Å². The number of carboxylic acids is 1. The highest BCUT2D eigenvalue weighted by Crippen LogP contribution is 2.13. The van der Waals surface area contributed by atoms with Crippen molar-refractivity contribution in [1.29, 1.82) is 0 Å². The number of carbonyl (C=O) groups is 1. The largest absolute Gasteiger partial charge is 0.481 e. The minimum Gasteiger partial charge on any atom is -0.481 e. The molecule has 0 aliphatic rings. The lowest BCUT2D eigenvalue weighted by Gasteiger charge is -2.06. The third-order valence-electron chi connectivity index (χ3n) is 2.74. The molecule has 2 nitrogen and oxygen atoms in total. The van der Waals surface area contributed by atoms with Crippen LogP contribution in [0.1, 0.15) is 52.9 Å². The predicted octanol–water partition coefficient (Wildman–Crippen LogP) is 4.18. The van der Waals surface area contributed by atoms with Gasteiger partial charge in [-0.25, -0.2) is 0 Å². The van der Waals surface area contributed by atoms with Crippen molar-refractivity contribution in [3.8, 4) is 0 Å². The van der Waals surface area contributed by atoms with E-state index >= 15 is 0 Å². The van der Waals surface area contributed by atoms with Crippen LogP contribution in [-0.2, 0) is 4.79 Å². The maximum Gasteiger partial charge on any atom is 0.310 e. The highest BCUT2D eigenvalue weighted by atomic mass is 16.4. The number of hydrogen-bond donors (Lipinski definition) is 1. The fraction of sp³-hybridized carbons (Fsp3) is 0.643. The van der Waals surface area contributed by atoms with Gasteiger partial charge < -0.3 is 5.11 Å². The van der Waals surface area contributed by atoms with Gasteiger partial charge in [0.1, 0.15) is 0 Å². The minimum absolute atomic E-state index is 0.406. The smallest absolute Gasteiger partial charge is 0.310 e. The van der Waals surface area contributed by atoms with Crippen LogP contribution in [0.15, 0.2) is 23.8 Å². The normalized spacial score (nSPS) is 14.3. The Morgan fingerprint density at radius 2 is 2.00 bits per heavy atom. The van der Waals surface area contributed by atoms with E-state index < -0.39 is 11.9 Å². The van der Waals surface area contributed by atoms with Crippen LogP contribution in [0.25, 0.3) is 0 Å². The van der Waals surface area contributed by atoms with E-state index in [2.05, 4.69) is 13.0 Å². The molecule has 1 N–H and O–H groups in total. The molecule has 0 fully saturated rings. The van der Waals surface area contributed by atoms with E-state index in [1.807, 2.05) is 19.1 Å². The summed E-state index contributed by atoms with van der Waals surface area (Å²) in [5.41, 5.74) is 0.892. The Morgan fingerprint density at radius 3 is 2.50 bits per heavy atom. The molecule has 0 bridgehead atoms. The highest BCUT2D eigenvalue weighted by molar-refractivity contribution is 5.74. The number of carboxylic acid groups (broad SMARTS) is 1. The lowest BCUT2D eigenvalue weighted by Crippen LogP contribution is -2.10. The van der Waals surface area contributed by atoms with Crippen LogP contribution in [0.2, 0.25) is 0 Å². The Bertz CT molecular complexity index is 251. The van der Waals surface area contributed by atoms with Gasteiger partial charge in [0, 0.05) is 0 Å². The van der Waals surface area contributed by atoms with Crippen molar-refractivity contribution in [2.45, 2.75) is 52.9 Å². The Hall–Kier alpha value is -1.05. The lowest BCUT2D eigenvalue weighted by molar-refractivity contribution is -0.139. The van der Waals surface area contributed by atoms with E-state index in [0.29, 0.717) is 0 Å². The lowest BCUT2D eigenvalue weighted by atomic mass is 10.00. The van der Waals surface area contributed by atoms with E-state index in [0.717, 1.165) is 12.0 Å². The average Bonchev–Trinajstić information content (AvgIpc) is 2.27. The third-order valence-corrected chi connectivity index (χ3v) is 2.74. The van der Waals surface area contributed by atoms with Crippen molar-refractivity contribution < 1.29 is 9.90 Å². The van der Waals surface area contributed by atoms with Gasteiger partial charge in [0.2, 0.25) is 0 Å². The van der Waals surface area contributed by atoms with Crippen molar-refractivity contribution >= 4 is 5.97 Å². The summed E-state index contributed by atoms with van der Waals surface area (Å²) in [6.45, 7) is 5.80. The Labute approximate surface area is 99.1 Å². The minimum atomic E-state index is -0.760. The summed E-state index contributed by atoms with van der Waals surface area (Å²) in [4.78, 5) is 10.8. The fourth-order valence-electron chi connectivity index (χ4n) is 1.54. The van der Waals surface area contributed by atoms with Gasteiger partial charge in [-0.3, -0.25) is 4.79 Å². The first-order chi connectivity index (χ1) is 7.63. The van der Waals surface area contributed by atoms with Gasteiger partial charge in [0.05, 0.1) is 5.92 Å². The van der Waals surface area contributed by atoms with Gasteiger partial charge in [0.15, 0.2) is 0 Å². The molecule has 0 aliphatic carbocycles. The number of unbranched alkanes of at least 4 members (excludes halogenated alkanes) is 4. The van der Waals surface area contributed by atoms with Gasteiger partial charge in [-0.15, -0.1) is 0 Å². The molecule has 0 saturated carbocycles. The molecule has 2 heteroatoms. The first-order valence-corrected chi connectivity index (χ1v) is 6.19. The molecule has 1 atom stereocenters. The van der Waals surface area contributed by atoms with Crippen LogP contribution >= 0.6 is 0 Å². The number of rotatable bonds is 8. The van der Waals surface area contributed by atoms with Crippen molar-refractivity contribution in [2.24, 2.45) is 5.92 Å². The number of aliphatic carboxylic acids is 1. The third kappa shape index (κ3) is 6.44. The summed E-state index contributed by atoms with van der Waals surface area (Å²) in [5, 5.41) is 8.88. The summed E-state index contributed by atoms with van der Waals surface area (Å²) in [5.74, 6) is -1.17. The van der Waals surface area contributed by atoms with E-state index in [1.54, 1.807) is 6.92 Å². The summed E-state index contributed by atoms with van der Waals surface area (Å²) in [7, 11) is 0. The molecule has 16 heavy (non-hydrogen) atoms. The summed E-state index contributed by atoms with van der Waals surface area (Å²) >= 11 is 0. The number of allylic oxidation sites excluding steroid dienone is 3. The van der Waals surface area contributed by atoms with Crippen LogP contribution in [0.4, 0.5) is 0 Å². The van der Waals surface area contributed by atoms with Crippen molar-refractivity contribution in [2.75, 3.05) is 0 Å². The zero-order valence-corrected chi connectivity index (χ0v) is 10.7. The Morgan fingerprint density at radius 1 is 1.31 bits per heavy atom. The highest BCUT2D eigenvalue weighted by Gasteiger charge is 2.12. The second-order valence-electron chi connectivity index (χ2n) is 4.10. The van der Waals surface area contributed by atoms with Gasteiger partial charge in [-0.2, -0.15) is 0 Å². The predicted molar refractivity (Wildman–Crippen MR) is 68.5 cm³/mol. The first-order valence-electron chi connectivity index (χ1n) is 6.19. The molecule has 0 amide bonds. The van der Waals surface area contributed by atoms with E-state index in [-0.39, 0.29) is 0 Å². The average molecular weight is 224 g/mol. The standard InChI is InChI=1S/C14H24O2/c1-4-6-7-8-9-10-11-13(5-2)12(3)14(15)16/h5,10-12H,4,6-9H2,1-3H3,(H,15,16). The zero-order valence-electron chi connectivity index (χ0n) is 10.7. The van der Waals surface area contributed by atoms with Gasteiger partial charge in [-0.1, -0.05) is 44.4 Å². The van der Waals surface area contributed by atoms with E-state index in [9.17, 15) is 4.79 Å². The monoisotopic (exact) mass is 224 g/mol. The molecule has 0 radical (unpaired) electrons. The molecule has 0 heterocycles. The van der Waals surface area contributed by atoms with Crippen molar-refractivity contribution in [1.82, 2.24) is 0 Å².